The van der Waals surface area contributed by atoms with Crippen LogP contribution in [0.2, 0.25) is 0 Å². The van der Waals surface area contributed by atoms with Crippen LogP contribution in [0.5, 0.6) is 0 Å². The molecule has 0 unspecified atom stereocenters. The van der Waals surface area contributed by atoms with E-state index in [0.717, 1.165) is 6.42 Å². The smallest absolute Gasteiger partial charge is 0.265 e. The van der Waals surface area contributed by atoms with E-state index in [1.165, 1.54) is 0 Å². The topological polar surface area (TPSA) is 71.4 Å². The van der Waals surface area contributed by atoms with Gasteiger partial charge in [0.25, 0.3) is 10.1 Å². The second-order valence-electron chi connectivity index (χ2n) is 5.39. The van der Waals surface area contributed by atoms with Crippen LogP contribution in [0.4, 0.5) is 0 Å². The van der Waals surface area contributed by atoms with Gasteiger partial charge < -0.3 is 0 Å². The van der Waals surface area contributed by atoms with Crippen LogP contribution in [0.15, 0.2) is 0 Å². The minimum absolute atomic E-state index is 0.00278. The average molecular weight is 232 g/mol. The van der Waals surface area contributed by atoms with Crippen LogP contribution in [0.25, 0.3) is 0 Å². The Labute approximate surface area is 89.8 Å². The van der Waals surface area contributed by atoms with Crippen LogP contribution in [0.3, 0.4) is 0 Å². The predicted molar refractivity (Wildman–Crippen MR) is 54.9 cm³/mol. The molecule has 2 bridgehead atoms. The summed E-state index contributed by atoms with van der Waals surface area (Å²) in [4.78, 5) is 11.9. The fourth-order valence-electron chi connectivity index (χ4n) is 3.05. The standard InChI is InChI=1S/C10H16O4S/c1-10(2)7-3-6(5-15(12,13)14)9(11)8(10)4-7/h6-8H,3-5H2,1-2H3,(H,12,13,14)/t6-,7-,8-/m0/s1. The molecule has 86 valence electrons. The summed E-state index contributed by atoms with van der Waals surface area (Å²) in [6, 6.07) is 0. The van der Waals surface area contributed by atoms with Crippen molar-refractivity contribution in [3.63, 3.8) is 0 Å². The lowest BCUT2D eigenvalue weighted by Crippen LogP contribution is -2.57. The first-order valence-electron chi connectivity index (χ1n) is 5.20. The molecule has 0 aromatic heterocycles. The van der Waals surface area contributed by atoms with Gasteiger partial charge in [-0.25, -0.2) is 0 Å². The zero-order chi connectivity index (χ0) is 11.4. The van der Waals surface area contributed by atoms with Gasteiger partial charge in [-0.1, -0.05) is 13.8 Å². The number of hydrogen-bond donors (Lipinski definition) is 1. The third-order valence-electron chi connectivity index (χ3n) is 4.20. The lowest BCUT2D eigenvalue weighted by molar-refractivity contribution is -0.155. The molecule has 0 aromatic rings. The average Bonchev–Trinajstić information content (AvgIpc) is 2.05. The van der Waals surface area contributed by atoms with E-state index >= 15 is 0 Å². The van der Waals surface area contributed by atoms with Crippen molar-refractivity contribution in [3.8, 4) is 0 Å². The quantitative estimate of drug-likeness (QED) is 0.724. The Morgan fingerprint density at radius 2 is 2.00 bits per heavy atom. The molecule has 3 aliphatic rings. The van der Waals surface area contributed by atoms with E-state index in [2.05, 4.69) is 13.8 Å². The number of Topliss-reactive ketones (excluding diaryl/α,β-unsaturated/α-hetero) is 1. The molecular formula is C10H16O4S. The van der Waals surface area contributed by atoms with E-state index in [0.29, 0.717) is 12.3 Å². The van der Waals surface area contributed by atoms with Crippen LogP contribution in [0, 0.1) is 23.2 Å². The molecule has 0 radical (unpaired) electrons. The maximum Gasteiger partial charge on any atom is 0.265 e. The first-order valence-corrected chi connectivity index (χ1v) is 6.81. The van der Waals surface area contributed by atoms with E-state index < -0.39 is 21.8 Å². The third-order valence-corrected chi connectivity index (χ3v) is 5.02. The minimum Gasteiger partial charge on any atom is -0.299 e. The zero-order valence-corrected chi connectivity index (χ0v) is 9.75. The Hall–Kier alpha value is -0.420. The molecule has 0 heterocycles. The molecule has 3 rings (SSSR count). The van der Waals surface area contributed by atoms with Gasteiger partial charge in [-0.2, -0.15) is 8.42 Å². The molecule has 3 aliphatic carbocycles. The van der Waals surface area contributed by atoms with Crippen molar-refractivity contribution < 1.29 is 17.8 Å². The molecule has 0 amide bonds. The molecule has 3 saturated carbocycles. The van der Waals surface area contributed by atoms with Crippen LogP contribution in [0.1, 0.15) is 26.7 Å². The lowest BCUT2D eigenvalue weighted by Gasteiger charge is -2.57. The van der Waals surface area contributed by atoms with E-state index in [-0.39, 0.29) is 17.1 Å². The summed E-state index contributed by atoms with van der Waals surface area (Å²) < 4.78 is 30.2. The van der Waals surface area contributed by atoms with Crippen molar-refractivity contribution in [2.75, 3.05) is 5.75 Å². The predicted octanol–water partition coefficient (Wildman–Crippen LogP) is 1.13. The van der Waals surface area contributed by atoms with Gasteiger partial charge >= 0.3 is 0 Å². The zero-order valence-electron chi connectivity index (χ0n) is 8.93. The van der Waals surface area contributed by atoms with Crippen LogP contribution in [-0.4, -0.2) is 24.5 Å². The van der Waals surface area contributed by atoms with Crippen molar-refractivity contribution in [2.45, 2.75) is 26.7 Å². The van der Waals surface area contributed by atoms with Gasteiger partial charge in [0.2, 0.25) is 0 Å². The largest absolute Gasteiger partial charge is 0.299 e. The summed E-state index contributed by atoms with van der Waals surface area (Å²) in [5.74, 6) is -0.401. The highest BCUT2D eigenvalue weighted by Crippen LogP contribution is 2.59. The molecule has 3 fully saturated rings. The summed E-state index contributed by atoms with van der Waals surface area (Å²) in [6.07, 6.45) is 1.51. The second kappa shape index (κ2) is 3.04. The van der Waals surface area contributed by atoms with Crippen LogP contribution < -0.4 is 0 Å². The van der Waals surface area contributed by atoms with Gasteiger partial charge in [0, 0.05) is 11.8 Å². The summed E-state index contributed by atoms with van der Waals surface area (Å²) in [6.45, 7) is 4.13. The fraction of sp³-hybridized carbons (Fsp3) is 0.900. The number of rotatable bonds is 2. The molecule has 15 heavy (non-hydrogen) atoms. The summed E-state index contributed by atoms with van der Waals surface area (Å²) in [7, 11) is -4.02. The lowest BCUT2D eigenvalue weighted by atomic mass is 9.46. The molecule has 4 nitrogen and oxygen atoms in total. The number of carbonyl (C=O) groups is 1. The number of hydrogen-bond acceptors (Lipinski definition) is 3. The Morgan fingerprint density at radius 1 is 1.40 bits per heavy atom. The van der Waals surface area contributed by atoms with E-state index in [1.54, 1.807) is 0 Å². The Kier molecular flexibility index (Phi) is 2.25. The maximum absolute atomic E-state index is 11.9. The third kappa shape index (κ3) is 1.72. The summed E-state index contributed by atoms with van der Waals surface area (Å²) in [5.41, 5.74) is 0.0345. The highest BCUT2D eigenvalue weighted by molar-refractivity contribution is 7.85. The number of fused-ring (bicyclic) bond motifs is 2. The Morgan fingerprint density at radius 3 is 2.40 bits per heavy atom. The number of carbonyl (C=O) groups excluding carboxylic acids is 1. The maximum atomic E-state index is 11.9. The van der Waals surface area contributed by atoms with Gasteiger partial charge in [-0.15, -0.1) is 0 Å². The van der Waals surface area contributed by atoms with Crippen molar-refractivity contribution in [2.24, 2.45) is 23.2 Å². The minimum atomic E-state index is -4.02. The molecule has 3 atom stereocenters. The molecule has 0 aliphatic heterocycles. The highest BCUT2D eigenvalue weighted by atomic mass is 32.2. The molecule has 0 spiro atoms. The van der Waals surface area contributed by atoms with Crippen molar-refractivity contribution in [1.29, 1.82) is 0 Å². The second-order valence-corrected chi connectivity index (χ2v) is 6.89. The first-order chi connectivity index (χ1) is 6.72. The Bertz CT molecular complexity index is 396. The van der Waals surface area contributed by atoms with Gasteiger partial charge in [0.1, 0.15) is 5.78 Å². The van der Waals surface area contributed by atoms with Crippen LogP contribution >= 0.6 is 0 Å². The summed E-state index contributed by atoms with van der Waals surface area (Å²) >= 11 is 0. The van der Waals surface area contributed by atoms with Crippen LogP contribution in [-0.2, 0) is 14.9 Å². The van der Waals surface area contributed by atoms with Crippen molar-refractivity contribution >= 4 is 15.9 Å². The van der Waals surface area contributed by atoms with Gasteiger partial charge in [0.15, 0.2) is 0 Å². The van der Waals surface area contributed by atoms with E-state index in [4.69, 9.17) is 4.55 Å². The molecule has 0 saturated heterocycles. The van der Waals surface area contributed by atoms with Gasteiger partial charge in [0.05, 0.1) is 5.75 Å². The normalized spacial score (nSPS) is 38.6. The summed E-state index contributed by atoms with van der Waals surface area (Å²) in [5, 5.41) is 0. The molecular weight excluding hydrogens is 216 g/mol. The Balaban J connectivity index is 2.13. The monoisotopic (exact) mass is 232 g/mol. The van der Waals surface area contributed by atoms with Crippen molar-refractivity contribution in [3.05, 3.63) is 0 Å². The fourth-order valence-corrected chi connectivity index (χ4v) is 3.86. The SMILES string of the molecule is CC1(C)[C@H]2C[C@@H](CS(=O)(=O)O)C(=O)[C@@H]1C2. The highest BCUT2D eigenvalue weighted by Gasteiger charge is 2.57. The molecule has 0 aromatic carbocycles. The first kappa shape index (κ1) is 11.1. The van der Waals surface area contributed by atoms with Gasteiger partial charge in [-0.05, 0) is 24.2 Å². The number of ketones is 1. The molecule has 5 heteroatoms. The molecule has 1 N–H and O–H groups in total. The van der Waals surface area contributed by atoms with Gasteiger partial charge in [-0.3, -0.25) is 9.35 Å². The van der Waals surface area contributed by atoms with E-state index in [9.17, 15) is 13.2 Å². The van der Waals surface area contributed by atoms with E-state index in [1.807, 2.05) is 0 Å². The van der Waals surface area contributed by atoms with Crippen molar-refractivity contribution in [1.82, 2.24) is 0 Å².